The van der Waals surface area contributed by atoms with Crippen molar-refractivity contribution in [2.45, 2.75) is 31.9 Å². The Morgan fingerprint density at radius 3 is 2.45 bits per heavy atom. The van der Waals surface area contributed by atoms with E-state index in [4.69, 9.17) is 4.74 Å². The van der Waals surface area contributed by atoms with E-state index in [2.05, 4.69) is 10.6 Å². The Morgan fingerprint density at radius 2 is 1.86 bits per heavy atom. The Kier molecular flexibility index (Phi) is 5.53. The fourth-order valence-corrected chi connectivity index (χ4v) is 3.45. The molecule has 0 bridgehead atoms. The molecule has 2 aliphatic heterocycles. The quantitative estimate of drug-likeness (QED) is 0.522. The number of rotatable bonds is 6. The van der Waals surface area contributed by atoms with Crippen molar-refractivity contribution in [1.29, 1.82) is 0 Å². The van der Waals surface area contributed by atoms with Crippen LogP contribution in [0.15, 0.2) is 30.3 Å². The van der Waals surface area contributed by atoms with Crippen LogP contribution >= 0.6 is 0 Å². The van der Waals surface area contributed by atoms with Crippen molar-refractivity contribution in [3.05, 3.63) is 35.9 Å². The minimum Gasteiger partial charge on any atom is -0.451 e. The summed E-state index contributed by atoms with van der Waals surface area (Å²) in [5.74, 6) is -2.15. The standard InChI is InChI=1S/C19H22N4O6/c1-3-19(13-7-5-4-6-8-13)16(26)23(18(28)21-19)11-14(24)29-12(2)15(25)22-10-9-20-17(22)27/h4-8,12H,3,9-11H2,1-2H3,(H,20,27)(H,21,28). The SMILES string of the molecule is CCC1(c2ccccc2)NC(=O)N(CC(=O)OC(C)C(=O)N2CCNC2=O)C1=O. The zero-order valence-corrected chi connectivity index (χ0v) is 16.1. The molecule has 2 aliphatic rings. The number of hydrogen-bond donors (Lipinski definition) is 2. The van der Waals surface area contributed by atoms with E-state index in [1.807, 2.05) is 0 Å². The maximum absolute atomic E-state index is 13.0. The molecule has 10 heteroatoms. The lowest BCUT2D eigenvalue weighted by Gasteiger charge is -2.25. The average molecular weight is 402 g/mol. The first-order valence-corrected chi connectivity index (χ1v) is 9.28. The number of hydrogen-bond acceptors (Lipinski definition) is 6. The maximum Gasteiger partial charge on any atom is 0.327 e. The average Bonchev–Trinajstić information content (AvgIpc) is 3.24. The Hall–Kier alpha value is -3.43. The molecule has 2 N–H and O–H groups in total. The van der Waals surface area contributed by atoms with E-state index in [1.54, 1.807) is 37.3 Å². The van der Waals surface area contributed by atoms with Crippen molar-refractivity contribution >= 4 is 29.8 Å². The lowest BCUT2D eigenvalue weighted by atomic mass is 9.87. The van der Waals surface area contributed by atoms with E-state index in [0.717, 1.165) is 9.80 Å². The summed E-state index contributed by atoms with van der Waals surface area (Å²) < 4.78 is 5.05. The molecule has 2 atom stereocenters. The molecular weight excluding hydrogens is 380 g/mol. The van der Waals surface area contributed by atoms with Crippen molar-refractivity contribution in [3.8, 4) is 0 Å². The van der Waals surface area contributed by atoms with Crippen LogP contribution < -0.4 is 10.6 Å². The summed E-state index contributed by atoms with van der Waals surface area (Å²) in [7, 11) is 0. The zero-order chi connectivity index (χ0) is 21.2. The van der Waals surface area contributed by atoms with Gasteiger partial charge in [0.2, 0.25) is 0 Å². The molecule has 154 valence electrons. The first-order chi connectivity index (χ1) is 13.8. The molecule has 6 amide bonds. The first-order valence-electron chi connectivity index (χ1n) is 9.28. The minimum absolute atomic E-state index is 0.183. The number of amides is 6. The van der Waals surface area contributed by atoms with Crippen LogP contribution in [0.4, 0.5) is 9.59 Å². The van der Waals surface area contributed by atoms with Crippen LogP contribution in [0, 0.1) is 0 Å². The van der Waals surface area contributed by atoms with Gasteiger partial charge in [-0.15, -0.1) is 0 Å². The third-order valence-corrected chi connectivity index (χ3v) is 5.04. The fraction of sp³-hybridized carbons (Fsp3) is 0.421. The summed E-state index contributed by atoms with van der Waals surface area (Å²) >= 11 is 0. The summed E-state index contributed by atoms with van der Waals surface area (Å²) in [6.45, 7) is 2.96. The van der Waals surface area contributed by atoms with E-state index >= 15 is 0 Å². The number of urea groups is 2. The van der Waals surface area contributed by atoms with Crippen LogP contribution in [0.5, 0.6) is 0 Å². The summed E-state index contributed by atoms with van der Waals surface area (Å²) in [5.41, 5.74) is -0.645. The smallest absolute Gasteiger partial charge is 0.327 e. The topological polar surface area (TPSA) is 125 Å². The normalized spacial score (nSPS) is 22.3. The highest BCUT2D eigenvalue weighted by molar-refractivity contribution is 6.09. The van der Waals surface area contributed by atoms with Crippen LogP contribution in [0.3, 0.4) is 0 Å². The van der Waals surface area contributed by atoms with Crippen LogP contribution in [0.25, 0.3) is 0 Å². The summed E-state index contributed by atoms with van der Waals surface area (Å²) in [6.07, 6.45) is -0.927. The third kappa shape index (κ3) is 3.65. The van der Waals surface area contributed by atoms with Gasteiger partial charge in [0.15, 0.2) is 6.10 Å². The van der Waals surface area contributed by atoms with Crippen molar-refractivity contribution in [3.63, 3.8) is 0 Å². The van der Waals surface area contributed by atoms with Gasteiger partial charge in [0.1, 0.15) is 12.1 Å². The molecule has 2 heterocycles. The van der Waals surface area contributed by atoms with Gasteiger partial charge in [-0.1, -0.05) is 37.3 Å². The number of benzene rings is 1. The number of carbonyl (C=O) groups excluding carboxylic acids is 5. The van der Waals surface area contributed by atoms with Gasteiger partial charge in [0.05, 0.1) is 0 Å². The molecule has 1 aromatic rings. The van der Waals surface area contributed by atoms with Gasteiger partial charge in [-0.05, 0) is 18.9 Å². The largest absolute Gasteiger partial charge is 0.451 e. The molecule has 0 aliphatic carbocycles. The Labute approximate surface area is 167 Å². The number of carbonyl (C=O) groups is 5. The van der Waals surface area contributed by atoms with Gasteiger partial charge in [-0.25, -0.2) is 9.59 Å². The van der Waals surface area contributed by atoms with Crippen LogP contribution in [0.2, 0.25) is 0 Å². The Balaban J connectivity index is 1.67. The molecule has 29 heavy (non-hydrogen) atoms. The van der Waals surface area contributed by atoms with Crippen molar-refractivity contribution in [1.82, 2.24) is 20.4 Å². The monoisotopic (exact) mass is 402 g/mol. The summed E-state index contributed by atoms with van der Waals surface area (Å²) in [4.78, 5) is 63.2. The Morgan fingerprint density at radius 1 is 1.17 bits per heavy atom. The van der Waals surface area contributed by atoms with Crippen LogP contribution in [-0.2, 0) is 24.7 Å². The van der Waals surface area contributed by atoms with Crippen LogP contribution in [0.1, 0.15) is 25.8 Å². The van der Waals surface area contributed by atoms with Gasteiger partial charge in [0.25, 0.3) is 11.8 Å². The second-order valence-corrected chi connectivity index (χ2v) is 6.80. The second kappa shape index (κ2) is 7.90. The number of ether oxygens (including phenoxy) is 1. The van der Waals surface area contributed by atoms with E-state index in [0.29, 0.717) is 18.5 Å². The van der Waals surface area contributed by atoms with E-state index in [-0.39, 0.29) is 6.54 Å². The molecule has 2 saturated heterocycles. The molecule has 10 nitrogen and oxygen atoms in total. The second-order valence-electron chi connectivity index (χ2n) is 6.80. The van der Waals surface area contributed by atoms with E-state index in [1.165, 1.54) is 6.92 Å². The van der Waals surface area contributed by atoms with E-state index < -0.39 is 48.0 Å². The van der Waals surface area contributed by atoms with E-state index in [9.17, 15) is 24.0 Å². The maximum atomic E-state index is 13.0. The fourth-order valence-electron chi connectivity index (χ4n) is 3.45. The predicted molar refractivity (Wildman–Crippen MR) is 99.3 cm³/mol. The number of nitrogens with zero attached hydrogens (tertiary/aromatic N) is 2. The zero-order valence-electron chi connectivity index (χ0n) is 16.1. The van der Waals surface area contributed by atoms with Crippen molar-refractivity contribution in [2.75, 3.05) is 19.6 Å². The minimum atomic E-state index is -1.26. The van der Waals surface area contributed by atoms with Crippen LogP contribution in [-0.4, -0.2) is 65.4 Å². The molecule has 2 fully saturated rings. The van der Waals surface area contributed by atoms with Gasteiger partial charge in [-0.3, -0.25) is 24.2 Å². The highest BCUT2D eigenvalue weighted by Gasteiger charge is 2.51. The molecule has 0 aromatic heterocycles. The Bertz CT molecular complexity index is 858. The molecule has 0 saturated carbocycles. The number of nitrogens with one attached hydrogen (secondary N) is 2. The van der Waals surface area contributed by atoms with Gasteiger partial charge in [-0.2, -0.15) is 0 Å². The van der Waals surface area contributed by atoms with Crippen molar-refractivity contribution < 1.29 is 28.7 Å². The van der Waals surface area contributed by atoms with Gasteiger partial charge < -0.3 is 15.4 Å². The van der Waals surface area contributed by atoms with Gasteiger partial charge in [0, 0.05) is 13.1 Å². The lowest BCUT2D eigenvalue weighted by Crippen LogP contribution is -2.45. The molecule has 0 radical (unpaired) electrons. The number of esters is 1. The predicted octanol–water partition coefficient (Wildman–Crippen LogP) is 0.327. The third-order valence-electron chi connectivity index (χ3n) is 5.04. The van der Waals surface area contributed by atoms with Crippen molar-refractivity contribution in [2.24, 2.45) is 0 Å². The first kappa shape index (κ1) is 20.3. The summed E-state index contributed by atoms with van der Waals surface area (Å²) in [5, 5.41) is 5.15. The number of imide groups is 2. The molecule has 2 unspecified atom stereocenters. The summed E-state index contributed by atoms with van der Waals surface area (Å²) in [6, 6.07) is 7.49. The molecule has 0 spiro atoms. The van der Waals surface area contributed by atoms with Gasteiger partial charge >= 0.3 is 18.0 Å². The lowest BCUT2D eigenvalue weighted by molar-refractivity contribution is -0.159. The molecular formula is C19H22N4O6. The molecule has 1 aromatic carbocycles. The molecule has 3 rings (SSSR count). The highest BCUT2D eigenvalue weighted by atomic mass is 16.5. The highest BCUT2D eigenvalue weighted by Crippen LogP contribution is 2.32.